The third-order valence-electron chi connectivity index (χ3n) is 5.87. The lowest BCUT2D eigenvalue weighted by Crippen LogP contribution is -2.46. The highest BCUT2D eigenvalue weighted by Crippen LogP contribution is 2.35. The van der Waals surface area contributed by atoms with Gasteiger partial charge in [0.15, 0.2) is 0 Å². The number of nitrogens with zero attached hydrogens (tertiary/aromatic N) is 4. The number of amides is 2. The fraction of sp³-hybridized carbons (Fsp3) is 0.280. The van der Waals surface area contributed by atoms with E-state index in [-0.39, 0.29) is 30.9 Å². The molecular weight excluding hydrogens is 418 g/mol. The minimum Gasteiger partial charge on any atom is -0.467 e. The lowest BCUT2D eigenvalue weighted by atomic mass is 10.0. The Morgan fingerprint density at radius 3 is 2.64 bits per heavy atom. The van der Waals surface area contributed by atoms with Gasteiger partial charge in [-0.1, -0.05) is 47.2 Å². The number of carbonyl (C=O) groups is 2. The van der Waals surface area contributed by atoms with Gasteiger partial charge in [0.05, 0.1) is 18.3 Å². The molecular formula is C25H25N5O3. The van der Waals surface area contributed by atoms with Crippen LogP contribution >= 0.6 is 0 Å². The monoisotopic (exact) mass is 443 g/mol. The maximum atomic E-state index is 13.6. The van der Waals surface area contributed by atoms with Crippen LogP contribution in [0.5, 0.6) is 0 Å². The normalized spacial score (nSPS) is 14.2. The molecule has 1 aliphatic rings. The van der Waals surface area contributed by atoms with Gasteiger partial charge in [-0.15, -0.1) is 5.10 Å². The van der Waals surface area contributed by atoms with E-state index in [1.54, 1.807) is 28.0 Å². The lowest BCUT2D eigenvalue weighted by Gasteiger charge is -2.31. The molecule has 2 aromatic carbocycles. The number of benzene rings is 2. The van der Waals surface area contributed by atoms with E-state index in [9.17, 15) is 9.59 Å². The van der Waals surface area contributed by atoms with E-state index in [0.717, 1.165) is 35.0 Å². The van der Waals surface area contributed by atoms with Crippen molar-refractivity contribution in [2.75, 3.05) is 0 Å². The number of hydrogen-bond acceptors (Lipinski definition) is 5. The van der Waals surface area contributed by atoms with Gasteiger partial charge in [-0.3, -0.25) is 9.59 Å². The molecule has 2 aromatic heterocycles. The highest BCUT2D eigenvalue weighted by Gasteiger charge is 2.41. The Morgan fingerprint density at radius 1 is 1.12 bits per heavy atom. The molecule has 0 saturated heterocycles. The Bertz CT molecular complexity index is 1260. The van der Waals surface area contributed by atoms with Crippen LogP contribution in [0, 0.1) is 6.92 Å². The van der Waals surface area contributed by atoms with Crippen molar-refractivity contribution in [3.05, 3.63) is 83.8 Å². The largest absolute Gasteiger partial charge is 0.467 e. The minimum absolute atomic E-state index is 0.0187. The first-order chi connectivity index (χ1) is 16.1. The van der Waals surface area contributed by atoms with E-state index in [1.165, 1.54) is 0 Å². The van der Waals surface area contributed by atoms with Crippen LogP contribution in [-0.4, -0.2) is 37.7 Å². The molecule has 0 bridgehead atoms. The van der Waals surface area contributed by atoms with Crippen molar-refractivity contribution in [3.63, 3.8) is 0 Å². The second-order valence-electron chi connectivity index (χ2n) is 8.38. The predicted molar refractivity (Wildman–Crippen MR) is 122 cm³/mol. The van der Waals surface area contributed by atoms with Gasteiger partial charge >= 0.3 is 0 Å². The van der Waals surface area contributed by atoms with Crippen LogP contribution in [0.15, 0.2) is 71.3 Å². The zero-order chi connectivity index (χ0) is 22.8. The Hall–Kier alpha value is -3.94. The smallest absolute Gasteiger partial charge is 0.247 e. The summed E-state index contributed by atoms with van der Waals surface area (Å²) in [6.45, 7) is 2.27. The summed E-state index contributed by atoms with van der Waals surface area (Å²) < 4.78 is 6.95. The molecule has 2 heterocycles. The fourth-order valence-corrected chi connectivity index (χ4v) is 4.03. The Balaban J connectivity index is 1.44. The molecule has 0 radical (unpaired) electrons. The van der Waals surface area contributed by atoms with Crippen molar-refractivity contribution in [2.45, 2.75) is 44.9 Å². The summed E-state index contributed by atoms with van der Waals surface area (Å²) in [5, 5.41) is 11.3. The van der Waals surface area contributed by atoms with Gasteiger partial charge in [-0.2, -0.15) is 0 Å². The number of hydrogen-bond donors (Lipinski definition) is 1. The van der Waals surface area contributed by atoms with Crippen LogP contribution in [0.2, 0.25) is 0 Å². The third-order valence-corrected chi connectivity index (χ3v) is 5.87. The summed E-state index contributed by atoms with van der Waals surface area (Å²) in [5.41, 5.74) is 3.39. The highest BCUT2D eigenvalue weighted by molar-refractivity contribution is 5.89. The van der Waals surface area contributed by atoms with Crippen molar-refractivity contribution in [1.29, 1.82) is 0 Å². The average molecular weight is 444 g/mol. The number of furan rings is 1. The molecule has 0 aliphatic heterocycles. The van der Waals surface area contributed by atoms with Crippen LogP contribution < -0.4 is 5.32 Å². The summed E-state index contributed by atoms with van der Waals surface area (Å²) in [6.07, 6.45) is 3.32. The van der Waals surface area contributed by atoms with Crippen molar-refractivity contribution >= 4 is 22.8 Å². The first kappa shape index (κ1) is 20.9. The van der Waals surface area contributed by atoms with Gasteiger partial charge in [0, 0.05) is 6.04 Å². The van der Waals surface area contributed by atoms with Crippen LogP contribution in [0.25, 0.3) is 11.0 Å². The maximum Gasteiger partial charge on any atom is 0.247 e. The highest BCUT2D eigenvalue weighted by atomic mass is 16.3. The van der Waals surface area contributed by atoms with E-state index >= 15 is 0 Å². The summed E-state index contributed by atoms with van der Waals surface area (Å²) in [5.74, 6) is 0.259. The number of para-hydroxylation sites is 1. The number of carbonyl (C=O) groups excluding carboxylic acids is 2. The van der Waals surface area contributed by atoms with Crippen molar-refractivity contribution in [3.8, 4) is 0 Å². The van der Waals surface area contributed by atoms with Crippen LogP contribution in [0.3, 0.4) is 0 Å². The summed E-state index contributed by atoms with van der Waals surface area (Å²) >= 11 is 0. The standard InChI is InChI=1S/C25H25N5O3/c1-17-8-10-18(11-9-17)24(25(32)26-15-20-5-4-14-33-20)30(19-12-13-19)23(31)16-29-22-7-3-2-6-21(22)27-28-29/h2-11,14,19,24H,12-13,15-16H2,1H3,(H,26,32)/t24-/m1/s1. The fourth-order valence-electron chi connectivity index (χ4n) is 4.03. The molecule has 1 atom stereocenters. The second kappa shape index (κ2) is 8.90. The van der Waals surface area contributed by atoms with Crippen molar-refractivity contribution in [1.82, 2.24) is 25.2 Å². The summed E-state index contributed by atoms with van der Waals surface area (Å²) in [6, 6.07) is 18.1. The van der Waals surface area contributed by atoms with Gasteiger partial charge in [-0.05, 0) is 49.6 Å². The number of fused-ring (bicyclic) bond motifs is 1. The van der Waals surface area contributed by atoms with Gasteiger partial charge in [-0.25, -0.2) is 4.68 Å². The second-order valence-corrected chi connectivity index (χ2v) is 8.38. The van der Waals surface area contributed by atoms with Crippen LogP contribution in [0.1, 0.15) is 35.8 Å². The number of aromatic nitrogens is 3. The minimum atomic E-state index is -0.740. The first-order valence-electron chi connectivity index (χ1n) is 11.1. The quantitative estimate of drug-likeness (QED) is 0.451. The van der Waals surface area contributed by atoms with Crippen molar-refractivity contribution in [2.24, 2.45) is 0 Å². The van der Waals surface area contributed by atoms with E-state index in [2.05, 4.69) is 15.6 Å². The number of rotatable bonds is 8. The van der Waals surface area contributed by atoms with E-state index in [4.69, 9.17) is 4.42 Å². The zero-order valence-electron chi connectivity index (χ0n) is 18.3. The number of aryl methyl sites for hydroxylation is 1. The number of nitrogens with one attached hydrogen (secondary N) is 1. The SMILES string of the molecule is Cc1ccc([C@H](C(=O)NCc2ccco2)N(C(=O)Cn2nnc3ccccc32)C2CC2)cc1. The Labute approximate surface area is 191 Å². The Kier molecular flexibility index (Phi) is 5.64. The van der Waals surface area contributed by atoms with Gasteiger partial charge < -0.3 is 14.6 Å². The topological polar surface area (TPSA) is 93.3 Å². The molecule has 8 nitrogen and oxygen atoms in total. The van der Waals surface area contributed by atoms with Crippen LogP contribution in [-0.2, 0) is 22.7 Å². The molecule has 168 valence electrons. The van der Waals surface area contributed by atoms with Gasteiger partial charge in [0.2, 0.25) is 11.8 Å². The molecule has 0 spiro atoms. The van der Waals surface area contributed by atoms with Crippen LogP contribution in [0.4, 0.5) is 0 Å². The maximum absolute atomic E-state index is 13.6. The van der Waals surface area contributed by atoms with Crippen molar-refractivity contribution < 1.29 is 14.0 Å². The molecule has 1 fully saturated rings. The molecule has 5 rings (SSSR count). The molecule has 1 aliphatic carbocycles. The lowest BCUT2D eigenvalue weighted by molar-refractivity contribution is -0.142. The van der Waals surface area contributed by atoms with Gasteiger partial charge in [0.25, 0.3) is 0 Å². The molecule has 0 unspecified atom stereocenters. The zero-order valence-corrected chi connectivity index (χ0v) is 18.3. The third kappa shape index (κ3) is 4.50. The van der Waals surface area contributed by atoms with E-state index < -0.39 is 6.04 Å². The molecule has 4 aromatic rings. The van der Waals surface area contributed by atoms with E-state index in [0.29, 0.717) is 5.76 Å². The first-order valence-corrected chi connectivity index (χ1v) is 11.1. The molecule has 2 amide bonds. The molecule has 1 N–H and O–H groups in total. The van der Waals surface area contributed by atoms with Gasteiger partial charge in [0.1, 0.15) is 23.9 Å². The molecule has 8 heteroatoms. The molecule has 33 heavy (non-hydrogen) atoms. The molecule has 1 saturated carbocycles. The van der Waals surface area contributed by atoms with E-state index in [1.807, 2.05) is 55.5 Å². The predicted octanol–water partition coefficient (Wildman–Crippen LogP) is 3.38. The average Bonchev–Trinajstić information content (AvgIpc) is 3.36. The summed E-state index contributed by atoms with van der Waals surface area (Å²) in [7, 11) is 0. The Morgan fingerprint density at radius 2 is 1.91 bits per heavy atom. The summed E-state index contributed by atoms with van der Waals surface area (Å²) in [4.78, 5) is 28.7.